The number of benzene rings is 1. The largest absolute Gasteiger partial charge is 0.490 e. The Morgan fingerprint density at radius 2 is 1.82 bits per heavy atom. The fourth-order valence-corrected chi connectivity index (χ4v) is 5.32. The number of aryl methyl sites for hydroxylation is 1. The third kappa shape index (κ3) is 8.25. The summed E-state index contributed by atoms with van der Waals surface area (Å²) in [5, 5.41) is 21.0. The summed E-state index contributed by atoms with van der Waals surface area (Å²) in [7, 11) is 0. The molecule has 0 saturated carbocycles. The number of carboxylic acid groups (broad SMARTS) is 1. The van der Waals surface area contributed by atoms with Crippen molar-refractivity contribution < 1.29 is 45.2 Å². The number of alkyl halides is 6. The highest BCUT2D eigenvalue weighted by molar-refractivity contribution is 6.31. The van der Waals surface area contributed by atoms with Gasteiger partial charge in [0.1, 0.15) is 0 Å². The van der Waals surface area contributed by atoms with Gasteiger partial charge in [-0.3, -0.25) is 23.8 Å². The van der Waals surface area contributed by atoms with Gasteiger partial charge in [-0.25, -0.2) is 14.5 Å². The average Bonchev–Trinajstić information content (AvgIpc) is 3.75. The molecule has 51 heavy (non-hydrogen) atoms. The lowest BCUT2D eigenvalue weighted by molar-refractivity contribution is -0.192. The number of anilines is 1. The third-order valence-corrected chi connectivity index (χ3v) is 7.90. The monoisotopic (exact) mass is 740 g/mol. The van der Waals surface area contributed by atoms with Crippen LogP contribution < -0.4 is 10.9 Å². The summed E-state index contributed by atoms with van der Waals surface area (Å²) in [4.78, 5) is 44.6. The average molecular weight is 741 g/mol. The maximum atomic E-state index is 13.7. The van der Waals surface area contributed by atoms with Crippen LogP contribution in [0.2, 0.25) is 5.02 Å². The van der Waals surface area contributed by atoms with Crippen molar-refractivity contribution >= 4 is 29.2 Å². The van der Waals surface area contributed by atoms with Crippen molar-refractivity contribution in [3.8, 4) is 28.2 Å². The number of carbonyl (C=O) groups excluding carboxylic acids is 1. The summed E-state index contributed by atoms with van der Waals surface area (Å²) in [5.41, 5.74) is 0.0592. The number of nitrogens with one attached hydrogen (secondary N) is 1. The van der Waals surface area contributed by atoms with E-state index in [-0.39, 0.29) is 39.3 Å². The number of pyridine rings is 1. The number of aliphatic carboxylic acids is 1. The van der Waals surface area contributed by atoms with Crippen molar-refractivity contribution in [2.45, 2.75) is 44.6 Å². The van der Waals surface area contributed by atoms with Gasteiger partial charge < -0.3 is 10.4 Å². The van der Waals surface area contributed by atoms with E-state index in [0.29, 0.717) is 30.5 Å². The Kier molecular flexibility index (Phi) is 9.16. The molecule has 5 aromatic rings. The van der Waals surface area contributed by atoms with Gasteiger partial charge in [0.25, 0.3) is 5.56 Å². The van der Waals surface area contributed by atoms with Crippen molar-refractivity contribution in [2.75, 3.05) is 5.32 Å². The predicted octanol–water partition coefficient (Wildman–Crippen LogP) is 5.94. The zero-order chi connectivity index (χ0) is 39.7. The van der Waals surface area contributed by atoms with Gasteiger partial charge in [-0.15, -0.1) is 5.10 Å². The van der Waals surface area contributed by atoms with Crippen molar-refractivity contribution in [2.24, 2.45) is 12.9 Å². The van der Waals surface area contributed by atoms with Crippen LogP contribution in [0.4, 0.5) is 32.0 Å². The van der Waals surface area contributed by atoms with Crippen LogP contribution in [0.25, 0.3) is 28.2 Å². The first-order chi connectivity index (χ1) is 25.1. The molecule has 5 heterocycles. The van der Waals surface area contributed by atoms with E-state index in [1.54, 1.807) is 19.1 Å². The molecule has 6 rings (SSSR count). The maximum Gasteiger partial charge on any atom is 0.490 e. The van der Waals surface area contributed by atoms with Gasteiger partial charge in [0.2, 0.25) is 5.91 Å². The fourth-order valence-electron chi connectivity index (χ4n) is 5.15. The molecule has 1 aromatic carbocycles. The number of hydrogen-bond donors (Lipinski definition) is 2. The third-order valence-electron chi connectivity index (χ3n) is 7.66. The summed E-state index contributed by atoms with van der Waals surface area (Å²) in [6.45, 7) is -0.903. The van der Waals surface area contributed by atoms with Gasteiger partial charge in [0.05, 0.1) is 53.2 Å². The molecule has 2 atom stereocenters. The summed E-state index contributed by atoms with van der Waals surface area (Å²) in [5.74, 6) is -3.51. The highest BCUT2D eigenvalue weighted by Crippen LogP contribution is 2.34. The van der Waals surface area contributed by atoms with Crippen molar-refractivity contribution in [3.05, 3.63) is 88.1 Å². The van der Waals surface area contributed by atoms with Crippen LogP contribution in [-0.2, 0) is 22.7 Å². The van der Waals surface area contributed by atoms with Gasteiger partial charge in [-0.2, -0.15) is 31.4 Å². The van der Waals surface area contributed by atoms with Crippen LogP contribution in [0.3, 0.4) is 0 Å². The normalized spacial score (nSPS) is 17.6. The summed E-state index contributed by atoms with van der Waals surface area (Å²) in [6, 6.07) is 8.15. The minimum Gasteiger partial charge on any atom is -0.475 e. The Morgan fingerprint density at radius 3 is 2.47 bits per heavy atom. The molecule has 268 valence electrons. The number of aromatic nitrogens is 8. The molecule has 1 amide bonds. The van der Waals surface area contributed by atoms with Gasteiger partial charge in [-0.05, 0) is 43.2 Å². The molecule has 1 aliphatic rings. The van der Waals surface area contributed by atoms with Crippen molar-refractivity contribution in [3.63, 3.8) is 0 Å². The number of nitrogens with zero attached hydrogens (tertiary/aromatic N) is 8. The Labute approximate surface area is 292 Å². The van der Waals surface area contributed by atoms with Gasteiger partial charge >= 0.3 is 18.3 Å². The van der Waals surface area contributed by atoms with Crippen LogP contribution in [-0.4, -0.2) is 62.5 Å². The first kappa shape index (κ1) is 32.6. The topological polar surface area (TPSA) is 163 Å². The number of amides is 1. The van der Waals surface area contributed by atoms with E-state index in [4.69, 9.17) is 25.6 Å². The molecule has 0 radical (unpaired) electrons. The molecule has 0 fully saturated rings. The van der Waals surface area contributed by atoms with Crippen molar-refractivity contribution in [1.82, 2.24) is 39.3 Å². The molecular weight excluding hydrogens is 712 g/mol. The van der Waals surface area contributed by atoms with Gasteiger partial charge in [0, 0.05) is 45.4 Å². The second kappa shape index (κ2) is 14.3. The maximum absolute atomic E-state index is 13.7. The molecule has 2 N–H and O–H groups in total. The van der Waals surface area contributed by atoms with E-state index in [9.17, 15) is 35.9 Å². The molecule has 20 heteroatoms. The van der Waals surface area contributed by atoms with E-state index in [2.05, 4.69) is 30.7 Å². The quantitative estimate of drug-likeness (QED) is 0.213. The van der Waals surface area contributed by atoms with E-state index in [0.717, 1.165) is 15.6 Å². The highest BCUT2D eigenvalue weighted by Gasteiger charge is 2.38. The Hall–Kier alpha value is -5.59. The number of fused-ring (bicyclic) bond motifs is 4. The summed E-state index contributed by atoms with van der Waals surface area (Å²) >= 11 is 6.22. The van der Waals surface area contributed by atoms with Gasteiger partial charge in [-0.1, -0.05) is 30.2 Å². The van der Waals surface area contributed by atoms with E-state index < -0.39 is 48.5 Å². The van der Waals surface area contributed by atoms with E-state index >= 15 is 0 Å². The molecular formula is C31H26ClF6N9O4. The molecule has 1 aliphatic heterocycles. The lowest BCUT2D eigenvalue weighted by Gasteiger charge is -2.22. The fraction of sp³-hybridized carbons (Fsp3) is 0.290. The second-order valence-electron chi connectivity index (χ2n) is 11.2. The molecule has 0 unspecified atom stereocenters. The standard InChI is InChI=1S/C29H25ClF3N9O2.C2HF3O2/c1-16-4-3-5-24(21-10-17(8-9-34-21)27-22(37-28(16)44)13-36-40(27)2)41-15-35-20(12-26(41)43)19-11-18(30)6-7-23(19)42-14-25(38-39-42)29(31,32)33;3-2(4,5)1(6)7/h6-16,24H,3-5H2,1-2H3,(H,37,44);(H,6,7)/t16-,24+;/m1./s1/i2D3;. The lowest BCUT2D eigenvalue weighted by Crippen LogP contribution is -2.27. The number of hydrogen-bond acceptors (Lipinski definition) is 8. The zero-order valence-electron chi connectivity index (χ0n) is 28.9. The molecule has 2 bridgehead atoms. The smallest absolute Gasteiger partial charge is 0.475 e. The number of halogens is 7. The minimum atomic E-state index is -5.08. The SMILES string of the molecule is O=C(O)C(F)(F)F.[2H]C([2H])([2H])n1ncc2c1-c1ccnc(c1)[C@@H](n1cnc(-c3cc(Cl)ccc3-n3cc(C(F)(F)F)nn3)cc1=O)CCC[C@@H](C)C(=O)N2. The second-order valence-corrected chi connectivity index (χ2v) is 11.6. The van der Waals surface area contributed by atoms with E-state index in [1.165, 1.54) is 47.6 Å². The highest BCUT2D eigenvalue weighted by atomic mass is 35.5. The van der Waals surface area contributed by atoms with Crippen LogP contribution >= 0.6 is 11.6 Å². The molecule has 0 spiro atoms. The van der Waals surface area contributed by atoms with Crippen molar-refractivity contribution in [1.29, 1.82) is 0 Å². The number of carbonyl (C=O) groups is 2. The first-order valence-electron chi connectivity index (χ1n) is 16.2. The number of carboxylic acids is 1. The zero-order valence-corrected chi connectivity index (χ0v) is 26.7. The number of rotatable bonds is 3. The van der Waals surface area contributed by atoms with Crippen LogP contribution in [0, 0.1) is 5.92 Å². The van der Waals surface area contributed by atoms with E-state index in [1.807, 2.05) is 0 Å². The Morgan fingerprint density at radius 1 is 1.08 bits per heavy atom. The first-order valence-corrected chi connectivity index (χ1v) is 15.1. The Balaban J connectivity index is 0.000000730. The van der Waals surface area contributed by atoms with Gasteiger partial charge in [0.15, 0.2) is 5.69 Å². The molecule has 13 nitrogen and oxygen atoms in total. The molecule has 4 aromatic heterocycles. The summed E-state index contributed by atoms with van der Waals surface area (Å²) < 4.78 is 98.5. The molecule has 0 aliphatic carbocycles. The van der Waals surface area contributed by atoms with Crippen LogP contribution in [0.1, 0.15) is 47.7 Å². The van der Waals surface area contributed by atoms with Crippen LogP contribution in [0.5, 0.6) is 0 Å². The Bertz CT molecular complexity index is 2260. The lowest BCUT2D eigenvalue weighted by atomic mass is 9.97. The summed E-state index contributed by atoms with van der Waals surface area (Å²) in [6.07, 6.45) is -3.64. The minimum absolute atomic E-state index is 0.124. The van der Waals surface area contributed by atoms with Crippen LogP contribution in [0.15, 0.2) is 66.1 Å². The molecule has 0 saturated heterocycles. The predicted molar refractivity (Wildman–Crippen MR) is 169 cm³/mol.